The van der Waals surface area contributed by atoms with Crippen molar-refractivity contribution in [2.45, 2.75) is 38.6 Å². The second-order valence-electron chi connectivity index (χ2n) is 10.0. The number of nitrogens with two attached hydrogens (primary N) is 1. The number of anilines is 2. The molecule has 38 heavy (non-hydrogen) atoms. The lowest BCUT2D eigenvalue weighted by molar-refractivity contribution is -0.121. The average molecular weight is 560 g/mol. The predicted octanol–water partition coefficient (Wildman–Crippen LogP) is 2.74. The molecule has 5 rings (SSSR count). The maximum atomic E-state index is 13.8. The molecular formula is C25H30ClN7O4S. The highest BCUT2D eigenvalue weighted by Crippen LogP contribution is 2.34. The summed E-state index contributed by atoms with van der Waals surface area (Å²) in [7, 11) is -3.60. The molecule has 3 N–H and O–H groups in total. The van der Waals surface area contributed by atoms with E-state index in [4.69, 9.17) is 27.4 Å². The Morgan fingerprint density at radius 1 is 1.16 bits per heavy atom. The molecule has 0 radical (unpaired) electrons. The molecule has 0 saturated carbocycles. The third-order valence-electron chi connectivity index (χ3n) is 7.13. The molecule has 3 aromatic rings. The second kappa shape index (κ2) is 10.1. The number of piperidine rings is 1. The first-order valence-electron chi connectivity index (χ1n) is 12.5. The van der Waals surface area contributed by atoms with Gasteiger partial charge >= 0.3 is 0 Å². The molecule has 2 aliphatic heterocycles. The van der Waals surface area contributed by atoms with Crippen LogP contribution in [-0.2, 0) is 14.8 Å². The van der Waals surface area contributed by atoms with Gasteiger partial charge in [0.05, 0.1) is 35.2 Å². The van der Waals surface area contributed by atoms with Crippen molar-refractivity contribution < 1.29 is 18.0 Å². The van der Waals surface area contributed by atoms with Crippen molar-refractivity contribution in [3.63, 3.8) is 0 Å². The van der Waals surface area contributed by atoms with Crippen LogP contribution in [0.1, 0.15) is 53.3 Å². The van der Waals surface area contributed by atoms with Crippen molar-refractivity contribution in [1.82, 2.24) is 19.5 Å². The summed E-state index contributed by atoms with van der Waals surface area (Å²) in [6, 6.07) is 6.10. The van der Waals surface area contributed by atoms with Gasteiger partial charge < -0.3 is 15.5 Å². The molecule has 4 heterocycles. The van der Waals surface area contributed by atoms with E-state index in [2.05, 4.69) is 9.62 Å². The zero-order valence-corrected chi connectivity index (χ0v) is 22.8. The first kappa shape index (κ1) is 26.2. The smallest absolute Gasteiger partial charge is 0.256 e. The summed E-state index contributed by atoms with van der Waals surface area (Å²) in [6.07, 6.45) is 6.09. The number of hydrogen-bond acceptors (Lipinski definition) is 7. The highest BCUT2D eigenvalue weighted by molar-refractivity contribution is 7.92. The van der Waals surface area contributed by atoms with E-state index in [-0.39, 0.29) is 35.0 Å². The lowest BCUT2D eigenvalue weighted by atomic mass is 9.98. The van der Waals surface area contributed by atoms with Crippen LogP contribution in [0.5, 0.6) is 0 Å². The van der Waals surface area contributed by atoms with E-state index in [1.54, 1.807) is 15.5 Å². The van der Waals surface area contributed by atoms with Crippen LogP contribution in [0.25, 0.3) is 5.65 Å². The molecular weight excluding hydrogens is 530 g/mol. The van der Waals surface area contributed by atoms with Gasteiger partial charge in [-0.2, -0.15) is 5.10 Å². The topological polar surface area (TPSA) is 143 Å². The Kier molecular flexibility index (Phi) is 6.95. The van der Waals surface area contributed by atoms with Crippen molar-refractivity contribution in [2.75, 3.05) is 35.5 Å². The minimum atomic E-state index is -3.60. The fourth-order valence-electron chi connectivity index (χ4n) is 5.31. The molecule has 2 aromatic heterocycles. The third-order valence-corrected chi connectivity index (χ3v) is 7.95. The molecule has 0 bridgehead atoms. The van der Waals surface area contributed by atoms with Gasteiger partial charge in [0.2, 0.25) is 15.9 Å². The predicted molar refractivity (Wildman–Crippen MR) is 145 cm³/mol. The number of rotatable bonds is 6. The number of nitrogens with one attached hydrogen (secondary N) is 1. The number of aromatic nitrogens is 3. The number of amides is 2. The Bertz CT molecular complexity index is 1520. The van der Waals surface area contributed by atoms with Crippen molar-refractivity contribution in [3.8, 4) is 0 Å². The number of nitrogens with zero attached hydrogens (tertiary/aromatic N) is 5. The molecule has 1 aromatic carbocycles. The molecule has 2 fully saturated rings. The van der Waals surface area contributed by atoms with E-state index >= 15 is 0 Å². The van der Waals surface area contributed by atoms with Gasteiger partial charge in [-0.3, -0.25) is 14.3 Å². The minimum Gasteiger partial charge on any atom is -0.369 e. The maximum absolute atomic E-state index is 13.8. The summed E-state index contributed by atoms with van der Waals surface area (Å²) in [5.74, 6) is -0.0164. The van der Waals surface area contributed by atoms with Gasteiger partial charge in [0.15, 0.2) is 5.65 Å². The molecule has 2 amide bonds. The number of hydrogen-bond donors (Lipinski definition) is 2. The lowest BCUT2D eigenvalue weighted by Gasteiger charge is -2.35. The molecule has 2 aliphatic rings. The van der Waals surface area contributed by atoms with Crippen LogP contribution in [0, 0.1) is 12.8 Å². The summed E-state index contributed by atoms with van der Waals surface area (Å²) in [4.78, 5) is 34.0. The van der Waals surface area contributed by atoms with Gasteiger partial charge in [-0.05, 0) is 50.8 Å². The summed E-state index contributed by atoms with van der Waals surface area (Å²) in [6.45, 7) is 3.69. The number of carbonyl (C=O) groups excluding carboxylic acids is 2. The van der Waals surface area contributed by atoms with Gasteiger partial charge in [0.25, 0.3) is 5.91 Å². The van der Waals surface area contributed by atoms with Crippen LogP contribution in [-0.4, -0.2) is 65.6 Å². The molecule has 202 valence electrons. The second-order valence-corrected chi connectivity index (χ2v) is 12.2. The Hall–Kier alpha value is -3.38. The Balaban J connectivity index is 1.47. The standard InChI is InChI=1S/C25H30ClN7O4S/c1-15-13-33-22(28-24(15)31-10-8-16(14-31)23(27)34)12-20(29-33)21-5-3-4-9-32(21)25(35)18-11-17(26)6-7-19(18)30-38(2,36)37/h6-7,11-13,16,21,30H,3-5,8-10,14H2,1-2H3,(H2,27,34). The minimum absolute atomic E-state index is 0.183. The van der Waals surface area contributed by atoms with Gasteiger partial charge in [0, 0.05) is 42.5 Å². The third kappa shape index (κ3) is 5.28. The van der Waals surface area contributed by atoms with Crippen LogP contribution in [0.2, 0.25) is 5.02 Å². The Morgan fingerprint density at radius 3 is 2.66 bits per heavy atom. The number of aryl methyl sites for hydroxylation is 1. The average Bonchev–Trinajstić information content (AvgIpc) is 3.51. The van der Waals surface area contributed by atoms with Gasteiger partial charge in [-0.15, -0.1) is 0 Å². The van der Waals surface area contributed by atoms with E-state index in [9.17, 15) is 18.0 Å². The first-order valence-corrected chi connectivity index (χ1v) is 14.8. The number of benzene rings is 1. The summed E-state index contributed by atoms with van der Waals surface area (Å²) in [5.41, 5.74) is 8.15. The number of halogens is 1. The van der Waals surface area contributed by atoms with Crippen molar-refractivity contribution in [2.24, 2.45) is 11.7 Å². The van der Waals surface area contributed by atoms with Crippen LogP contribution in [0.3, 0.4) is 0 Å². The molecule has 2 saturated heterocycles. The molecule has 0 spiro atoms. The van der Waals surface area contributed by atoms with Gasteiger partial charge in [-0.1, -0.05) is 11.6 Å². The Morgan fingerprint density at radius 2 is 1.95 bits per heavy atom. The number of likely N-dealkylation sites (tertiary alicyclic amines) is 1. The van der Waals surface area contributed by atoms with E-state index in [0.29, 0.717) is 48.8 Å². The number of sulfonamides is 1. The highest BCUT2D eigenvalue weighted by atomic mass is 35.5. The number of primary amides is 1. The maximum Gasteiger partial charge on any atom is 0.256 e. The normalized spacial score (nSPS) is 20.2. The fourth-order valence-corrected chi connectivity index (χ4v) is 6.06. The highest BCUT2D eigenvalue weighted by Gasteiger charge is 2.33. The zero-order valence-electron chi connectivity index (χ0n) is 21.2. The molecule has 0 aliphatic carbocycles. The van der Waals surface area contributed by atoms with E-state index in [0.717, 1.165) is 30.5 Å². The van der Waals surface area contributed by atoms with E-state index < -0.39 is 10.0 Å². The molecule has 2 atom stereocenters. The summed E-state index contributed by atoms with van der Waals surface area (Å²) >= 11 is 6.19. The molecule has 13 heteroatoms. The first-order chi connectivity index (χ1) is 18.0. The summed E-state index contributed by atoms with van der Waals surface area (Å²) < 4.78 is 28.0. The zero-order chi connectivity index (χ0) is 27.2. The molecule has 2 unspecified atom stereocenters. The van der Waals surface area contributed by atoms with E-state index in [1.165, 1.54) is 12.1 Å². The number of fused-ring (bicyclic) bond motifs is 1. The van der Waals surface area contributed by atoms with Crippen molar-refractivity contribution >= 4 is 50.6 Å². The van der Waals surface area contributed by atoms with Crippen molar-refractivity contribution in [1.29, 1.82) is 0 Å². The van der Waals surface area contributed by atoms with Gasteiger partial charge in [-0.25, -0.2) is 17.9 Å². The van der Waals surface area contributed by atoms with Crippen LogP contribution in [0.15, 0.2) is 30.5 Å². The summed E-state index contributed by atoms with van der Waals surface area (Å²) in [5, 5.41) is 5.10. The fraction of sp³-hybridized carbons (Fsp3) is 0.440. The largest absolute Gasteiger partial charge is 0.369 e. The SMILES string of the molecule is Cc1cn2nc(C3CCCCN3C(=O)c3cc(Cl)ccc3NS(C)(=O)=O)cc2nc1N1CCC(C(N)=O)C1. The van der Waals surface area contributed by atoms with Crippen LogP contribution in [0.4, 0.5) is 11.5 Å². The lowest BCUT2D eigenvalue weighted by Crippen LogP contribution is -2.39. The quantitative estimate of drug-likeness (QED) is 0.472. The Labute approximate surface area is 226 Å². The molecule has 11 nitrogen and oxygen atoms in total. The van der Waals surface area contributed by atoms with Crippen LogP contribution >= 0.6 is 11.6 Å². The van der Waals surface area contributed by atoms with Gasteiger partial charge in [0.1, 0.15) is 5.82 Å². The number of carbonyl (C=O) groups is 2. The van der Waals surface area contributed by atoms with Crippen LogP contribution < -0.4 is 15.4 Å². The van der Waals surface area contributed by atoms with Crippen molar-refractivity contribution in [3.05, 3.63) is 52.3 Å². The van der Waals surface area contributed by atoms with E-state index in [1.807, 2.05) is 19.2 Å². The monoisotopic (exact) mass is 559 g/mol.